The first kappa shape index (κ1) is 27.0. The highest BCUT2D eigenvalue weighted by atomic mass is 35.5. The van der Waals surface area contributed by atoms with Gasteiger partial charge >= 0.3 is 6.03 Å². The second-order valence-corrected chi connectivity index (χ2v) is 9.95. The Bertz CT molecular complexity index is 1490. The molecule has 1 heterocycles. The highest BCUT2D eigenvalue weighted by Crippen LogP contribution is 2.30. The highest BCUT2D eigenvalue weighted by molar-refractivity contribution is 6.30. The number of urea groups is 1. The standard InChI is InChI=1S/C33H30ClN3O3/c1-40-28-19-15-26(16-20-28)31-12-7-21-36(23-32(38)37(31)22-24-13-17-27(34)18-14-24)33(39)35-30-11-6-5-10-29(30)25-8-3-2-4-9-25/h2-20,31H,21-23H2,1H3,(H,35,39)/b12-7-/t31-/m1/s1. The van der Waals surface area contributed by atoms with Gasteiger partial charge in [-0.15, -0.1) is 0 Å². The number of nitrogens with zero attached hydrogens (tertiary/aromatic N) is 2. The molecule has 6 nitrogen and oxygen atoms in total. The molecule has 7 heteroatoms. The number of methoxy groups -OCH3 is 1. The molecule has 0 unspecified atom stereocenters. The van der Waals surface area contributed by atoms with Crippen molar-refractivity contribution in [2.24, 2.45) is 0 Å². The lowest BCUT2D eigenvalue weighted by molar-refractivity contribution is -0.134. The molecule has 202 valence electrons. The van der Waals surface area contributed by atoms with Gasteiger partial charge in [0.2, 0.25) is 5.91 Å². The molecule has 0 spiro atoms. The van der Waals surface area contributed by atoms with E-state index in [4.69, 9.17) is 16.3 Å². The lowest BCUT2D eigenvalue weighted by Crippen LogP contribution is -2.46. The van der Waals surface area contributed by atoms with Crippen molar-refractivity contribution in [3.63, 3.8) is 0 Å². The number of hydrogen-bond donors (Lipinski definition) is 1. The third-order valence-electron chi connectivity index (χ3n) is 6.89. The van der Waals surface area contributed by atoms with E-state index >= 15 is 0 Å². The predicted octanol–water partition coefficient (Wildman–Crippen LogP) is 7.19. The molecule has 1 aliphatic rings. The number of hydrogen-bond acceptors (Lipinski definition) is 3. The first-order valence-corrected chi connectivity index (χ1v) is 13.4. The summed E-state index contributed by atoms with van der Waals surface area (Å²) in [5.74, 6) is 0.583. The number of benzene rings is 4. The van der Waals surface area contributed by atoms with Crippen LogP contribution in [-0.4, -0.2) is 41.9 Å². The quantitative estimate of drug-likeness (QED) is 0.258. The average Bonchev–Trinajstić information content (AvgIpc) is 2.98. The smallest absolute Gasteiger partial charge is 0.322 e. The van der Waals surface area contributed by atoms with Crippen molar-refractivity contribution in [3.05, 3.63) is 131 Å². The lowest BCUT2D eigenvalue weighted by Gasteiger charge is -2.34. The number of carbonyl (C=O) groups excluding carboxylic acids is 2. The van der Waals surface area contributed by atoms with Crippen molar-refractivity contribution >= 4 is 29.2 Å². The molecule has 0 radical (unpaired) electrons. The number of halogens is 1. The molecular weight excluding hydrogens is 522 g/mol. The van der Waals surface area contributed by atoms with E-state index in [9.17, 15) is 9.59 Å². The molecule has 0 bridgehead atoms. The largest absolute Gasteiger partial charge is 0.497 e. The van der Waals surface area contributed by atoms with Crippen LogP contribution in [0, 0.1) is 0 Å². The van der Waals surface area contributed by atoms with Gasteiger partial charge in [-0.3, -0.25) is 4.79 Å². The minimum atomic E-state index is -0.337. The summed E-state index contributed by atoms with van der Waals surface area (Å²) in [6, 6.07) is 32.0. The van der Waals surface area contributed by atoms with Crippen molar-refractivity contribution in [1.29, 1.82) is 0 Å². The van der Waals surface area contributed by atoms with Crippen molar-refractivity contribution in [1.82, 2.24) is 9.80 Å². The van der Waals surface area contributed by atoms with E-state index in [0.29, 0.717) is 23.8 Å². The highest BCUT2D eigenvalue weighted by Gasteiger charge is 2.29. The molecular formula is C33H30ClN3O3. The molecule has 0 saturated carbocycles. The van der Waals surface area contributed by atoms with Crippen molar-refractivity contribution in [2.75, 3.05) is 25.5 Å². The maximum Gasteiger partial charge on any atom is 0.322 e. The number of para-hydroxylation sites is 1. The minimum absolute atomic E-state index is 0.0656. The summed E-state index contributed by atoms with van der Waals surface area (Å²) in [5, 5.41) is 3.66. The zero-order valence-electron chi connectivity index (χ0n) is 22.2. The molecule has 0 fully saturated rings. The third kappa shape index (κ3) is 6.35. The minimum Gasteiger partial charge on any atom is -0.497 e. The van der Waals surface area contributed by atoms with Gasteiger partial charge in [0, 0.05) is 23.7 Å². The predicted molar refractivity (Wildman–Crippen MR) is 159 cm³/mol. The SMILES string of the molecule is COc1ccc([C@H]2/C=C\CN(C(=O)Nc3ccccc3-c3ccccc3)CC(=O)N2Cc2ccc(Cl)cc2)cc1. The van der Waals surface area contributed by atoms with Crippen LogP contribution in [0.5, 0.6) is 5.75 Å². The maximum absolute atomic E-state index is 13.8. The Morgan fingerprint density at radius 1 is 0.925 bits per heavy atom. The zero-order chi connectivity index (χ0) is 27.9. The van der Waals surface area contributed by atoms with E-state index in [0.717, 1.165) is 28.0 Å². The van der Waals surface area contributed by atoms with Crippen LogP contribution in [0.4, 0.5) is 10.5 Å². The molecule has 0 saturated heterocycles. The van der Waals surface area contributed by atoms with E-state index in [1.807, 2.05) is 115 Å². The van der Waals surface area contributed by atoms with Gasteiger partial charge in [-0.2, -0.15) is 0 Å². The van der Waals surface area contributed by atoms with Crippen LogP contribution in [0.15, 0.2) is 115 Å². The summed E-state index contributed by atoms with van der Waals surface area (Å²) in [4.78, 5) is 30.6. The summed E-state index contributed by atoms with van der Waals surface area (Å²) in [6.45, 7) is 0.597. The summed E-state index contributed by atoms with van der Waals surface area (Å²) < 4.78 is 5.32. The lowest BCUT2D eigenvalue weighted by atomic mass is 10.0. The third-order valence-corrected chi connectivity index (χ3v) is 7.14. The van der Waals surface area contributed by atoms with Gasteiger partial charge in [0.05, 0.1) is 18.8 Å². The second kappa shape index (κ2) is 12.5. The number of amides is 3. The molecule has 40 heavy (non-hydrogen) atoms. The fourth-order valence-electron chi connectivity index (χ4n) is 4.77. The summed E-state index contributed by atoms with van der Waals surface area (Å²) in [6.07, 6.45) is 3.92. The summed E-state index contributed by atoms with van der Waals surface area (Å²) in [7, 11) is 1.62. The zero-order valence-corrected chi connectivity index (χ0v) is 22.9. The van der Waals surface area contributed by atoms with E-state index in [1.165, 1.54) is 4.90 Å². The Morgan fingerprint density at radius 3 is 2.35 bits per heavy atom. The first-order chi connectivity index (χ1) is 19.5. The van der Waals surface area contributed by atoms with Gasteiger partial charge in [-0.05, 0) is 47.0 Å². The van der Waals surface area contributed by atoms with E-state index in [-0.39, 0.29) is 24.5 Å². The van der Waals surface area contributed by atoms with Gasteiger partial charge in [-0.25, -0.2) is 4.79 Å². The number of rotatable bonds is 6. The van der Waals surface area contributed by atoms with Gasteiger partial charge in [0.1, 0.15) is 12.3 Å². The molecule has 1 N–H and O–H groups in total. The molecule has 0 aromatic heterocycles. The van der Waals surface area contributed by atoms with Crippen LogP contribution >= 0.6 is 11.6 Å². The first-order valence-electron chi connectivity index (χ1n) is 13.1. The number of carbonyl (C=O) groups is 2. The maximum atomic E-state index is 13.8. The number of anilines is 1. The monoisotopic (exact) mass is 551 g/mol. The molecule has 4 aromatic rings. The Labute approximate surface area is 239 Å². The molecule has 5 rings (SSSR count). The fourth-order valence-corrected chi connectivity index (χ4v) is 4.90. The number of ether oxygens (including phenoxy) is 1. The molecule has 0 aliphatic carbocycles. The Balaban J connectivity index is 1.41. The fraction of sp³-hybridized carbons (Fsp3) is 0.152. The van der Waals surface area contributed by atoms with Crippen LogP contribution in [0.25, 0.3) is 11.1 Å². The average molecular weight is 552 g/mol. The molecule has 4 aromatic carbocycles. The van der Waals surface area contributed by atoms with Gasteiger partial charge in [0.25, 0.3) is 0 Å². The topological polar surface area (TPSA) is 61.9 Å². The van der Waals surface area contributed by atoms with Crippen LogP contribution in [0.3, 0.4) is 0 Å². The van der Waals surface area contributed by atoms with Crippen LogP contribution < -0.4 is 10.1 Å². The van der Waals surface area contributed by atoms with Crippen LogP contribution in [-0.2, 0) is 11.3 Å². The normalized spacial score (nSPS) is 16.1. The number of nitrogens with one attached hydrogen (secondary N) is 1. The molecule has 3 amide bonds. The Morgan fingerprint density at radius 2 is 1.62 bits per heavy atom. The van der Waals surface area contributed by atoms with Crippen molar-refractivity contribution < 1.29 is 14.3 Å². The van der Waals surface area contributed by atoms with Gasteiger partial charge in [0.15, 0.2) is 0 Å². The van der Waals surface area contributed by atoms with Gasteiger partial charge < -0.3 is 19.9 Å². The van der Waals surface area contributed by atoms with Crippen molar-refractivity contribution in [3.8, 4) is 16.9 Å². The van der Waals surface area contributed by atoms with Gasteiger partial charge in [-0.1, -0.05) is 96.5 Å². The van der Waals surface area contributed by atoms with Crippen LogP contribution in [0.1, 0.15) is 17.2 Å². The summed E-state index contributed by atoms with van der Waals surface area (Å²) in [5.41, 5.74) is 4.49. The Kier molecular flexibility index (Phi) is 8.47. The van der Waals surface area contributed by atoms with Crippen molar-refractivity contribution in [2.45, 2.75) is 12.6 Å². The van der Waals surface area contributed by atoms with E-state index in [1.54, 1.807) is 12.0 Å². The van der Waals surface area contributed by atoms with Crippen LogP contribution in [0.2, 0.25) is 5.02 Å². The molecule has 1 atom stereocenters. The Hall–Kier alpha value is -4.55. The van der Waals surface area contributed by atoms with E-state index in [2.05, 4.69) is 5.32 Å². The van der Waals surface area contributed by atoms with E-state index < -0.39 is 0 Å². The summed E-state index contributed by atoms with van der Waals surface area (Å²) >= 11 is 6.10. The molecule has 1 aliphatic heterocycles. The second-order valence-electron chi connectivity index (χ2n) is 9.52.